The number of aryl methyl sites for hydroxylation is 2. The SMILES string of the molecule is Cc1cnc(C2(C)CCN(C(=O)c3cnn(C)c3)CC2)s1. The van der Waals surface area contributed by atoms with Crippen molar-refractivity contribution in [2.24, 2.45) is 7.05 Å². The summed E-state index contributed by atoms with van der Waals surface area (Å²) in [7, 11) is 1.83. The average molecular weight is 304 g/mol. The van der Waals surface area contributed by atoms with E-state index in [1.165, 1.54) is 9.88 Å². The van der Waals surface area contributed by atoms with Crippen molar-refractivity contribution in [3.8, 4) is 0 Å². The highest BCUT2D eigenvalue weighted by atomic mass is 32.1. The maximum absolute atomic E-state index is 12.4. The van der Waals surface area contributed by atoms with Crippen LogP contribution >= 0.6 is 11.3 Å². The molecule has 1 amide bonds. The fourth-order valence-corrected chi connectivity index (χ4v) is 3.73. The quantitative estimate of drug-likeness (QED) is 0.856. The Morgan fingerprint density at radius 2 is 2.05 bits per heavy atom. The van der Waals surface area contributed by atoms with Crippen LogP contribution in [0.3, 0.4) is 0 Å². The van der Waals surface area contributed by atoms with Gasteiger partial charge in [-0.25, -0.2) is 4.98 Å². The highest BCUT2D eigenvalue weighted by molar-refractivity contribution is 7.11. The van der Waals surface area contributed by atoms with Gasteiger partial charge in [0.05, 0.1) is 16.8 Å². The number of hydrogen-bond acceptors (Lipinski definition) is 4. The fourth-order valence-electron chi connectivity index (χ4n) is 2.77. The third kappa shape index (κ3) is 2.72. The second-order valence-electron chi connectivity index (χ2n) is 6.03. The third-order valence-electron chi connectivity index (χ3n) is 4.24. The molecule has 0 unspecified atom stereocenters. The molecule has 1 aliphatic rings. The van der Waals surface area contributed by atoms with Crippen LogP contribution in [0.25, 0.3) is 0 Å². The van der Waals surface area contributed by atoms with Gasteiger partial charge in [0.1, 0.15) is 0 Å². The number of amides is 1. The highest BCUT2D eigenvalue weighted by Crippen LogP contribution is 2.37. The molecule has 0 bridgehead atoms. The maximum Gasteiger partial charge on any atom is 0.257 e. The zero-order chi connectivity index (χ0) is 15.0. The first-order chi connectivity index (χ1) is 9.98. The Labute approximate surface area is 128 Å². The summed E-state index contributed by atoms with van der Waals surface area (Å²) in [6.45, 7) is 5.91. The number of aromatic nitrogens is 3. The molecule has 2 aromatic heterocycles. The van der Waals surface area contributed by atoms with E-state index in [9.17, 15) is 4.79 Å². The zero-order valence-electron chi connectivity index (χ0n) is 12.7. The van der Waals surface area contributed by atoms with Crippen LogP contribution in [0, 0.1) is 6.92 Å². The lowest BCUT2D eigenvalue weighted by Gasteiger charge is -2.38. The Balaban J connectivity index is 1.69. The van der Waals surface area contributed by atoms with Gasteiger partial charge in [-0.3, -0.25) is 9.48 Å². The predicted octanol–water partition coefficient (Wildman–Crippen LogP) is 2.38. The summed E-state index contributed by atoms with van der Waals surface area (Å²) in [5.74, 6) is 0.0838. The van der Waals surface area contributed by atoms with Crippen molar-refractivity contribution in [1.82, 2.24) is 19.7 Å². The van der Waals surface area contributed by atoms with Crippen LogP contribution in [0.4, 0.5) is 0 Å². The first-order valence-electron chi connectivity index (χ1n) is 7.19. The molecule has 0 N–H and O–H groups in total. The van der Waals surface area contributed by atoms with Crippen LogP contribution < -0.4 is 0 Å². The molecular formula is C15H20N4OS. The molecule has 3 heterocycles. The van der Waals surface area contributed by atoms with Crippen LogP contribution in [-0.2, 0) is 12.5 Å². The van der Waals surface area contributed by atoms with Gasteiger partial charge in [0.15, 0.2) is 0 Å². The van der Waals surface area contributed by atoms with Gasteiger partial charge in [-0.1, -0.05) is 6.92 Å². The Morgan fingerprint density at radius 3 is 2.57 bits per heavy atom. The van der Waals surface area contributed by atoms with E-state index in [2.05, 4.69) is 23.9 Å². The van der Waals surface area contributed by atoms with Crippen molar-refractivity contribution in [3.05, 3.63) is 34.0 Å². The molecule has 0 atom stereocenters. The van der Waals surface area contributed by atoms with E-state index in [-0.39, 0.29) is 11.3 Å². The highest BCUT2D eigenvalue weighted by Gasteiger charge is 2.35. The van der Waals surface area contributed by atoms with E-state index < -0.39 is 0 Å². The Hall–Kier alpha value is -1.69. The first-order valence-corrected chi connectivity index (χ1v) is 8.00. The van der Waals surface area contributed by atoms with Gasteiger partial charge in [0.25, 0.3) is 5.91 Å². The molecular weight excluding hydrogens is 284 g/mol. The number of rotatable bonds is 2. The van der Waals surface area contributed by atoms with Crippen LogP contribution in [0.1, 0.15) is 40.0 Å². The summed E-state index contributed by atoms with van der Waals surface area (Å²) >= 11 is 1.77. The zero-order valence-corrected chi connectivity index (χ0v) is 13.5. The van der Waals surface area contributed by atoms with Gasteiger partial charge in [0, 0.05) is 42.8 Å². The molecule has 0 spiro atoms. The number of carbonyl (C=O) groups is 1. The Bertz CT molecular complexity index is 652. The molecule has 1 fully saturated rings. The molecule has 112 valence electrons. The van der Waals surface area contributed by atoms with E-state index >= 15 is 0 Å². The van der Waals surface area contributed by atoms with Crippen LogP contribution in [0.2, 0.25) is 0 Å². The minimum Gasteiger partial charge on any atom is -0.338 e. The molecule has 0 aliphatic carbocycles. The summed E-state index contributed by atoms with van der Waals surface area (Å²) in [5.41, 5.74) is 0.774. The van der Waals surface area contributed by atoms with Crippen molar-refractivity contribution in [2.75, 3.05) is 13.1 Å². The van der Waals surface area contributed by atoms with E-state index in [0.29, 0.717) is 5.56 Å². The van der Waals surface area contributed by atoms with Crippen molar-refractivity contribution in [1.29, 1.82) is 0 Å². The lowest BCUT2D eigenvalue weighted by atomic mass is 9.81. The minimum atomic E-state index is 0.0838. The molecule has 21 heavy (non-hydrogen) atoms. The third-order valence-corrected chi connectivity index (χ3v) is 5.46. The van der Waals surface area contributed by atoms with Crippen molar-refractivity contribution < 1.29 is 4.79 Å². The van der Waals surface area contributed by atoms with Gasteiger partial charge in [0.2, 0.25) is 0 Å². The molecule has 2 aromatic rings. The molecule has 0 radical (unpaired) electrons. The second kappa shape index (κ2) is 5.26. The molecule has 1 saturated heterocycles. The molecule has 6 heteroatoms. The maximum atomic E-state index is 12.4. The second-order valence-corrected chi connectivity index (χ2v) is 7.27. The summed E-state index contributed by atoms with van der Waals surface area (Å²) < 4.78 is 1.67. The number of thiazole rings is 1. The molecule has 3 rings (SSSR count). The topological polar surface area (TPSA) is 51.0 Å². The van der Waals surface area contributed by atoms with Crippen LogP contribution in [-0.4, -0.2) is 38.7 Å². The Kier molecular flexibility index (Phi) is 3.57. The standard InChI is InChI=1S/C15H20N4OS/c1-11-8-16-14(21-11)15(2)4-6-19(7-5-15)13(20)12-9-17-18(3)10-12/h8-10H,4-7H2,1-3H3. The summed E-state index contributed by atoms with van der Waals surface area (Å²) in [4.78, 5) is 20.1. The summed E-state index contributed by atoms with van der Waals surface area (Å²) in [5, 5.41) is 5.27. The van der Waals surface area contributed by atoms with Crippen LogP contribution in [0.5, 0.6) is 0 Å². The number of nitrogens with zero attached hydrogens (tertiary/aromatic N) is 4. The molecule has 0 saturated carbocycles. The monoisotopic (exact) mass is 304 g/mol. The summed E-state index contributed by atoms with van der Waals surface area (Å²) in [6, 6.07) is 0. The average Bonchev–Trinajstić information content (AvgIpc) is 3.08. The number of likely N-dealkylation sites (tertiary alicyclic amines) is 1. The Morgan fingerprint density at radius 1 is 1.33 bits per heavy atom. The first kappa shape index (κ1) is 14.3. The van der Waals surface area contributed by atoms with Gasteiger partial charge < -0.3 is 4.90 Å². The predicted molar refractivity (Wildman–Crippen MR) is 82.5 cm³/mol. The smallest absolute Gasteiger partial charge is 0.257 e. The van der Waals surface area contributed by atoms with E-state index in [0.717, 1.165) is 25.9 Å². The molecule has 5 nitrogen and oxygen atoms in total. The van der Waals surface area contributed by atoms with E-state index in [1.54, 1.807) is 28.4 Å². The minimum absolute atomic E-state index is 0.0838. The van der Waals surface area contributed by atoms with E-state index in [1.807, 2.05) is 18.1 Å². The van der Waals surface area contributed by atoms with Crippen molar-refractivity contribution >= 4 is 17.2 Å². The van der Waals surface area contributed by atoms with Gasteiger partial charge in [-0.05, 0) is 19.8 Å². The number of carbonyl (C=O) groups excluding carboxylic acids is 1. The number of hydrogen-bond donors (Lipinski definition) is 0. The van der Waals surface area contributed by atoms with E-state index in [4.69, 9.17) is 0 Å². The molecule has 0 aromatic carbocycles. The summed E-state index contributed by atoms with van der Waals surface area (Å²) in [6.07, 6.45) is 7.29. The fraction of sp³-hybridized carbons (Fsp3) is 0.533. The van der Waals surface area contributed by atoms with Crippen molar-refractivity contribution in [2.45, 2.75) is 32.1 Å². The van der Waals surface area contributed by atoms with Crippen LogP contribution in [0.15, 0.2) is 18.6 Å². The molecule has 1 aliphatic heterocycles. The lowest BCUT2D eigenvalue weighted by Crippen LogP contribution is -2.43. The van der Waals surface area contributed by atoms with Gasteiger partial charge >= 0.3 is 0 Å². The normalized spacial score (nSPS) is 18.0. The van der Waals surface area contributed by atoms with Gasteiger partial charge in [-0.15, -0.1) is 11.3 Å². The number of piperidine rings is 1. The van der Waals surface area contributed by atoms with Crippen molar-refractivity contribution in [3.63, 3.8) is 0 Å². The lowest BCUT2D eigenvalue weighted by molar-refractivity contribution is 0.0676. The largest absolute Gasteiger partial charge is 0.338 e. The van der Waals surface area contributed by atoms with Gasteiger partial charge in [-0.2, -0.15) is 5.10 Å².